The topological polar surface area (TPSA) is 132 Å². The second-order valence-corrected chi connectivity index (χ2v) is 11.6. The number of nitrogens with one attached hydrogen (secondary N) is 2. The molecule has 11 nitrogen and oxygen atoms in total. The van der Waals surface area contributed by atoms with E-state index in [0.717, 1.165) is 62.7 Å². The van der Waals surface area contributed by atoms with Gasteiger partial charge in [-0.3, -0.25) is 19.4 Å². The minimum Gasteiger partial charge on any atom is -0.465 e. The van der Waals surface area contributed by atoms with E-state index in [4.69, 9.17) is 9.47 Å². The quantitative estimate of drug-likeness (QED) is 0.264. The predicted octanol–water partition coefficient (Wildman–Crippen LogP) is 4.29. The van der Waals surface area contributed by atoms with Crippen LogP contribution in [0, 0.1) is 5.92 Å². The summed E-state index contributed by atoms with van der Waals surface area (Å²) in [5.74, 6) is -0.845. The highest BCUT2D eigenvalue weighted by atomic mass is 16.6. The summed E-state index contributed by atoms with van der Waals surface area (Å²) in [5.41, 5.74) is 1.80. The first-order valence-corrected chi connectivity index (χ1v) is 14.9. The first kappa shape index (κ1) is 32.6. The van der Waals surface area contributed by atoms with Crippen molar-refractivity contribution < 1.29 is 23.9 Å². The fourth-order valence-electron chi connectivity index (χ4n) is 4.84. The zero-order chi connectivity index (χ0) is 30.5. The smallest absolute Gasteiger partial charge is 0.407 e. The number of piperidine rings is 1. The molecule has 230 valence electrons. The fourth-order valence-corrected chi connectivity index (χ4v) is 4.84. The van der Waals surface area contributed by atoms with Crippen LogP contribution in [-0.4, -0.2) is 59.4 Å². The van der Waals surface area contributed by atoms with E-state index in [-0.39, 0.29) is 36.6 Å². The molecule has 0 radical (unpaired) electrons. The van der Waals surface area contributed by atoms with Crippen molar-refractivity contribution in [1.29, 1.82) is 0 Å². The molecule has 0 saturated carbocycles. The third-order valence-corrected chi connectivity index (χ3v) is 6.85. The van der Waals surface area contributed by atoms with E-state index in [1.807, 2.05) is 33.2 Å². The first-order valence-electron chi connectivity index (χ1n) is 14.9. The second-order valence-electron chi connectivity index (χ2n) is 11.6. The minimum atomic E-state index is -0.505. The number of alkyl carbamates (subject to hydrolysis) is 1. The van der Waals surface area contributed by atoms with Gasteiger partial charge in [0.25, 0.3) is 5.56 Å². The Morgan fingerprint density at radius 3 is 2.64 bits per heavy atom. The largest absolute Gasteiger partial charge is 0.465 e. The van der Waals surface area contributed by atoms with Crippen molar-refractivity contribution in [2.45, 2.75) is 84.8 Å². The van der Waals surface area contributed by atoms with Gasteiger partial charge in [-0.05, 0) is 77.5 Å². The number of rotatable bonds is 13. The van der Waals surface area contributed by atoms with Gasteiger partial charge in [-0.2, -0.15) is 0 Å². The molecule has 1 aliphatic rings. The van der Waals surface area contributed by atoms with Gasteiger partial charge in [-0.15, -0.1) is 0 Å². The lowest BCUT2D eigenvalue weighted by atomic mass is 9.96. The maximum Gasteiger partial charge on any atom is 0.407 e. The lowest BCUT2D eigenvalue weighted by molar-refractivity contribution is -0.143. The van der Waals surface area contributed by atoms with Gasteiger partial charge in [0.1, 0.15) is 12.1 Å². The molecule has 0 aliphatic carbocycles. The molecular weight excluding hydrogens is 538 g/mol. The molecule has 0 aromatic carbocycles. The van der Waals surface area contributed by atoms with E-state index < -0.39 is 11.6 Å². The normalized spacial score (nSPS) is 15.1. The van der Waals surface area contributed by atoms with Crippen molar-refractivity contribution in [2.75, 3.05) is 36.5 Å². The average Bonchev–Trinajstić information content (AvgIpc) is 2.93. The lowest BCUT2D eigenvalue weighted by Crippen LogP contribution is -2.41. The minimum absolute atomic E-state index is 0.119. The summed E-state index contributed by atoms with van der Waals surface area (Å²) < 4.78 is 11.4. The van der Waals surface area contributed by atoms with Gasteiger partial charge in [0.2, 0.25) is 5.91 Å². The number of nitrogens with zero attached hydrogens (tertiary/aromatic N) is 3. The van der Waals surface area contributed by atoms with Crippen LogP contribution in [0.3, 0.4) is 0 Å². The number of carbonyl (C=O) groups excluding carboxylic acids is 3. The maximum absolute atomic E-state index is 13.1. The summed E-state index contributed by atoms with van der Waals surface area (Å²) in [6.07, 6.45) is 11.4. The van der Waals surface area contributed by atoms with E-state index in [1.54, 1.807) is 13.0 Å². The van der Waals surface area contributed by atoms with Crippen molar-refractivity contribution in [3.63, 3.8) is 0 Å². The molecule has 1 fully saturated rings. The van der Waals surface area contributed by atoms with Gasteiger partial charge in [-0.1, -0.05) is 12.8 Å². The Morgan fingerprint density at radius 2 is 1.88 bits per heavy atom. The summed E-state index contributed by atoms with van der Waals surface area (Å²) in [6, 6.07) is 5.04. The van der Waals surface area contributed by atoms with Crippen molar-refractivity contribution in [3.05, 3.63) is 52.7 Å². The number of anilines is 2. The summed E-state index contributed by atoms with van der Waals surface area (Å²) >= 11 is 0. The van der Waals surface area contributed by atoms with E-state index in [2.05, 4.69) is 26.6 Å². The summed E-state index contributed by atoms with van der Waals surface area (Å²) in [5, 5.41) is 5.71. The number of aromatic nitrogens is 2. The Hall–Kier alpha value is -3.89. The highest BCUT2D eigenvalue weighted by Gasteiger charge is 2.26. The molecule has 2 aromatic rings. The summed E-state index contributed by atoms with van der Waals surface area (Å²) in [6.45, 7) is 9.30. The summed E-state index contributed by atoms with van der Waals surface area (Å²) in [4.78, 5) is 55.4. The van der Waals surface area contributed by atoms with Gasteiger partial charge in [0.15, 0.2) is 0 Å². The number of esters is 1. The average molecular weight is 584 g/mol. The number of hydrogen-bond acceptors (Lipinski definition) is 8. The van der Waals surface area contributed by atoms with Gasteiger partial charge in [-0.25, -0.2) is 4.79 Å². The molecule has 2 N–H and O–H groups in total. The number of unbranched alkanes of at least 4 members (excludes halogenated alkanes) is 3. The van der Waals surface area contributed by atoms with Crippen LogP contribution in [0.5, 0.6) is 0 Å². The second kappa shape index (κ2) is 15.9. The van der Waals surface area contributed by atoms with Crippen molar-refractivity contribution in [2.24, 2.45) is 5.92 Å². The number of pyridine rings is 2. The van der Waals surface area contributed by atoms with Crippen molar-refractivity contribution in [3.8, 4) is 0 Å². The van der Waals surface area contributed by atoms with E-state index in [1.165, 1.54) is 16.8 Å². The lowest BCUT2D eigenvalue weighted by Gasteiger charge is -2.33. The zero-order valence-corrected chi connectivity index (χ0v) is 25.3. The third kappa shape index (κ3) is 11.2. The first-order chi connectivity index (χ1) is 20.0. The SMILES string of the molecule is CCOC(=O)Cn1cc(NC(=O)[C@H]2CCCN(c3cncc(CCCCCCNC(=O)OC(C)(C)C)c3)C2)ccc1=O. The van der Waals surface area contributed by atoms with Crippen LogP contribution in [0.25, 0.3) is 0 Å². The molecule has 1 atom stereocenters. The number of carbonyl (C=O) groups is 3. The Labute approximate surface area is 248 Å². The van der Waals surface area contributed by atoms with Crippen LogP contribution >= 0.6 is 0 Å². The van der Waals surface area contributed by atoms with E-state index in [9.17, 15) is 19.2 Å². The van der Waals surface area contributed by atoms with Crippen LogP contribution in [0.4, 0.5) is 16.2 Å². The van der Waals surface area contributed by atoms with Crippen LogP contribution in [0.2, 0.25) is 0 Å². The van der Waals surface area contributed by atoms with Gasteiger partial charge in [0.05, 0.1) is 30.1 Å². The summed E-state index contributed by atoms with van der Waals surface area (Å²) in [7, 11) is 0. The number of ether oxygens (including phenoxy) is 2. The van der Waals surface area contributed by atoms with Crippen LogP contribution in [-0.2, 0) is 32.0 Å². The molecule has 1 saturated heterocycles. The Kier molecular flexibility index (Phi) is 12.4. The molecule has 0 spiro atoms. The number of amides is 2. The molecule has 3 heterocycles. The fraction of sp³-hybridized carbons (Fsp3) is 0.581. The van der Waals surface area contributed by atoms with Gasteiger partial charge >= 0.3 is 12.1 Å². The highest BCUT2D eigenvalue weighted by molar-refractivity contribution is 5.93. The standard InChI is InChI=1S/C31H45N5O6/c1-5-41-28(38)22-36-21-25(13-14-27(36)37)34-29(39)24-12-10-16-35(20-24)26-17-23(18-32-19-26)11-8-6-7-9-15-33-30(40)42-31(2,3)4/h13-14,17-19,21,24H,5-12,15-16,20,22H2,1-4H3,(H,33,40)(H,34,39)/t24-/m0/s1. The van der Waals surface area contributed by atoms with Crippen LogP contribution in [0.1, 0.15) is 71.8 Å². The Bertz CT molecular complexity index is 1250. The molecule has 1 aliphatic heterocycles. The molecule has 11 heteroatoms. The molecular formula is C31H45N5O6. The number of hydrogen-bond donors (Lipinski definition) is 2. The van der Waals surface area contributed by atoms with Crippen LogP contribution in [0.15, 0.2) is 41.6 Å². The molecule has 0 unspecified atom stereocenters. The van der Waals surface area contributed by atoms with E-state index >= 15 is 0 Å². The van der Waals surface area contributed by atoms with E-state index in [0.29, 0.717) is 18.8 Å². The Morgan fingerprint density at radius 1 is 1.10 bits per heavy atom. The van der Waals surface area contributed by atoms with Gasteiger partial charge < -0.3 is 29.6 Å². The third-order valence-electron chi connectivity index (χ3n) is 6.85. The predicted molar refractivity (Wildman–Crippen MR) is 162 cm³/mol. The molecule has 0 bridgehead atoms. The van der Waals surface area contributed by atoms with Crippen molar-refractivity contribution in [1.82, 2.24) is 14.9 Å². The Balaban J connectivity index is 1.45. The van der Waals surface area contributed by atoms with Crippen molar-refractivity contribution >= 4 is 29.3 Å². The number of aryl methyl sites for hydroxylation is 1. The highest BCUT2D eigenvalue weighted by Crippen LogP contribution is 2.25. The monoisotopic (exact) mass is 583 g/mol. The zero-order valence-electron chi connectivity index (χ0n) is 25.3. The molecule has 42 heavy (non-hydrogen) atoms. The molecule has 3 rings (SSSR count). The molecule has 2 aromatic heterocycles. The van der Waals surface area contributed by atoms with Gasteiger partial charge in [0, 0.05) is 38.1 Å². The molecule has 2 amide bonds. The van der Waals surface area contributed by atoms with Crippen LogP contribution < -0.4 is 21.1 Å². The maximum atomic E-state index is 13.1.